The summed E-state index contributed by atoms with van der Waals surface area (Å²) in [5.41, 5.74) is 15.9. The van der Waals surface area contributed by atoms with E-state index in [1.807, 2.05) is 30.5 Å². The maximum absolute atomic E-state index is 6.53. The molecule has 0 amide bonds. The van der Waals surface area contributed by atoms with E-state index in [2.05, 4.69) is 119 Å². The second-order valence-electron chi connectivity index (χ2n) is 13.3. The van der Waals surface area contributed by atoms with E-state index in [1.165, 1.54) is 44.6 Å². The number of para-hydroxylation sites is 1. The summed E-state index contributed by atoms with van der Waals surface area (Å²) in [6.07, 6.45) is 5.73. The van der Waals surface area contributed by atoms with Gasteiger partial charge in [-0.05, 0) is 123 Å². The molecule has 0 radical (unpaired) electrons. The molecule has 7 rings (SSSR count). The van der Waals surface area contributed by atoms with E-state index < -0.39 is 0 Å². The van der Waals surface area contributed by atoms with Crippen LogP contribution in [0.25, 0.3) is 44.4 Å². The van der Waals surface area contributed by atoms with E-state index >= 15 is 0 Å². The van der Waals surface area contributed by atoms with Gasteiger partial charge in [-0.1, -0.05) is 50.4 Å². The second-order valence-corrected chi connectivity index (χ2v) is 13.3. The Hall–Kier alpha value is -4.47. The van der Waals surface area contributed by atoms with Crippen molar-refractivity contribution in [2.75, 3.05) is 0 Å². The summed E-state index contributed by atoms with van der Waals surface area (Å²) < 4.78 is 10.8. The molecular formula is C44H44N4OPt. The van der Waals surface area contributed by atoms with Gasteiger partial charge < -0.3 is 9.30 Å². The Kier molecular flexibility index (Phi) is 10.2. The molecule has 3 aromatic heterocycles. The Bertz CT molecular complexity index is 2330. The van der Waals surface area contributed by atoms with Gasteiger partial charge in [0.1, 0.15) is 5.82 Å². The third-order valence-corrected chi connectivity index (χ3v) is 10.2. The molecule has 4 aromatic carbocycles. The van der Waals surface area contributed by atoms with Crippen molar-refractivity contribution in [1.82, 2.24) is 19.3 Å². The zero-order valence-electron chi connectivity index (χ0n) is 30.3. The number of benzene rings is 4. The Morgan fingerprint density at radius 3 is 2.10 bits per heavy atom. The first-order valence-electron chi connectivity index (χ1n) is 17.5. The van der Waals surface area contributed by atoms with Gasteiger partial charge in [0.05, 0.1) is 5.69 Å². The van der Waals surface area contributed by atoms with Crippen LogP contribution in [-0.4, -0.2) is 19.3 Å². The van der Waals surface area contributed by atoms with Gasteiger partial charge in [-0.25, -0.2) is 4.98 Å². The minimum atomic E-state index is 0. The van der Waals surface area contributed by atoms with Crippen LogP contribution in [-0.2, 0) is 33.9 Å². The van der Waals surface area contributed by atoms with E-state index in [-0.39, 0.29) is 21.1 Å². The smallest absolute Gasteiger partial charge is 0.509 e. The molecule has 0 aliphatic rings. The molecule has 3 heterocycles. The van der Waals surface area contributed by atoms with Gasteiger partial charge in [-0.15, -0.1) is 35.7 Å². The first-order valence-corrected chi connectivity index (χ1v) is 17.5. The fraction of sp³-hybridized carbons (Fsp3) is 0.273. The minimum absolute atomic E-state index is 0. The number of nitrogens with zero attached hydrogens (tertiary/aromatic N) is 4. The third-order valence-electron chi connectivity index (χ3n) is 10.2. The number of pyridine rings is 1. The van der Waals surface area contributed by atoms with Gasteiger partial charge in [0.2, 0.25) is 0 Å². The van der Waals surface area contributed by atoms with Crippen molar-refractivity contribution >= 4 is 21.8 Å². The van der Waals surface area contributed by atoms with Gasteiger partial charge in [0.25, 0.3) is 0 Å². The van der Waals surface area contributed by atoms with Crippen LogP contribution in [0, 0.1) is 53.7 Å². The summed E-state index contributed by atoms with van der Waals surface area (Å²) in [6.45, 7) is 17.9. The molecule has 50 heavy (non-hydrogen) atoms. The number of rotatable bonds is 9. The molecule has 7 aromatic rings. The maximum Gasteiger partial charge on any atom is 2.00 e. The molecule has 5 nitrogen and oxygen atoms in total. The Labute approximate surface area is 310 Å². The van der Waals surface area contributed by atoms with Crippen LogP contribution >= 0.6 is 0 Å². The molecular weight excluding hydrogens is 796 g/mol. The van der Waals surface area contributed by atoms with Gasteiger partial charge in [0, 0.05) is 34.5 Å². The van der Waals surface area contributed by atoms with Crippen LogP contribution in [0.15, 0.2) is 72.9 Å². The summed E-state index contributed by atoms with van der Waals surface area (Å²) >= 11 is 0. The van der Waals surface area contributed by atoms with E-state index in [0.717, 1.165) is 70.3 Å². The van der Waals surface area contributed by atoms with Crippen molar-refractivity contribution in [2.24, 2.45) is 0 Å². The molecule has 0 unspecified atom stereocenters. The largest absolute Gasteiger partial charge is 2.00 e. The number of aryl methyl sites for hydroxylation is 2. The summed E-state index contributed by atoms with van der Waals surface area (Å²) in [6, 6.07) is 29.9. The Balaban J connectivity index is 0.00000432. The molecule has 0 N–H and O–H groups in total. The molecule has 6 heteroatoms. The van der Waals surface area contributed by atoms with Crippen molar-refractivity contribution < 1.29 is 25.8 Å². The summed E-state index contributed by atoms with van der Waals surface area (Å²) in [7, 11) is 0. The molecule has 0 spiro atoms. The molecule has 0 aliphatic carbocycles. The Morgan fingerprint density at radius 1 is 0.680 bits per heavy atom. The van der Waals surface area contributed by atoms with Crippen molar-refractivity contribution in [3.63, 3.8) is 0 Å². The molecule has 256 valence electrons. The number of fused-ring (bicyclic) bond motifs is 3. The molecule has 0 saturated heterocycles. The van der Waals surface area contributed by atoms with Crippen molar-refractivity contribution in [3.8, 4) is 34.1 Å². The van der Waals surface area contributed by atoms with E-state index in [9.17, 15) is 0 Å². The average Bonchev–Trinajstić information content (AvgIpc) is 3.62. The van der Waals surface area contributed by atoms with Crippen molar-refractivity contribution in [3.05, 3.63) is 130 Å². The maximum atomic E-state index is 6.53. The van der Waals surface area contributed by atoms with Crippen LogP contribution in [0.5, 0.6) is 11.5 Å². The van der Waals surface area contributed by atoms with Gasteiger partial charge >= 0.3 is 21.1 Å². The summed E-state index contributed by atoms with van der Waals surface area (Å²) in [4.78, 5) is 4.72. The Morgan fingerprint density at radius 2 is 1.38 bits per heavy atom. The first-order chi connectivity index (χ1) is 23.7. The molecule has 0 bridgehead atoms. The zero-order valence-corrected chi connectivity index (χ0v) is 32.5. The van der Waals surface area contributed by atoms with Crippen LogP contribution in [0.3, 0.4) is 0 Å². The van der Waals surface area contributed by atoms with E-state index in [1.54, 1.807) is 0 Å². The number of hydrogen-bond donors (Lipinski definition) is 0. The van der Waals surface area contributed by atoms with Crippen LogP contribution in [0.2, 0.25) is 0 Å². The van der Waals surface area contributed by atoms with Crippen molar-refractivity contribution in [1.29, 1.82) is 0 Å². The fourth-order valence-electron chi connectivity index (χ4n) is 7.30. The second kappa shape index (κ2) is 14.4. The van der Waals surface area contributed by atoms with Crippen LogP contribution in [0.1, 0.15) is 71.5 Å². The number of ether oxygens (including phenoxy) is 1. The third kappa shape index (κ3) is 6.11. The number of aromatic nitrogens is 4. The van der Waals surface area contributed by atoms with Crippen molar-refractivity contribution in [2.45, 2.75) is 81.1 Å². The van der Waals surface area contributed by atoms with Gasteiger partial charge in [-0.3, -0.25) is 4.68 Å². The normalized spacial score (nSPS) is 11.4. The molecule has 0 atom stereocenters. The fourth-order valence-corrected chi connectivity index (χ4v) is 7.30. The topological polar surface area (TPSA) is 44.9 Å². The number of hydrogen-bond acceptors (Lipinski definition) is 3. The molecule has 0 aliphatic heterocycles. The van der Waals surface area contributed by atoms with Gasteiger partial charge in [-0.2, -0.15) is 17.2 Å². The van der Waals surface area contributed by atoms with Crippen LogP contribution in [0.4, 0.5) is 0 Å². The predicted octanol–water partition coefficient (Wildman–Crippen LogP) is 11.2. The standard InChI is InChI=1S/C44H44N4O.Pt/c1-9-14-38-44(43-31(7)29(5)28(4)30(6)32(43)8)40(15-10-2)48(46-38)33-16-13-17-34(25-33)49-35-20-21-37-36-18-11-12-19-39(36)47(41(37)26-35)42-24-27(3)22-23-45-42;/h11-13,16-24H,9-10,14-15H2,1-8H3;/q-2;+2. The monoisotopic (exact) mass is 839 g/mol. The molecule has 0 saturated carbocycles. The molecule has 0 fully saturated rings. The zero-order chi connectivity index (χ0) is 34.4. The van der Waals surface area contributed by atoms with Crippen LogP contribution < -0.4 is 4.74 Å². The summed E-state index contributed by atoms with van der Waals surface area (Å²) in [5, 5.41) is 7.57. The predicted molar refractivity (Wildman–Crippen MR) is 202 cm³/mol. The minimum Gasteiger partial charge on any atom is -0.509 e. The van der Waals surface area contributed by atoms with E-state index in [4.69, 9.17) is 14.8 Å². The van der Waals surface area contributed by atoms with E-state index in [0.29, 0.717) is 11.5 Å². The quantitative estimate of drug-likeness (QED) is 0.136. The average molecular weight is 840 g/mol. The SMILES string of the molecule is CCCc1nn(-c2[c-]c(Oc3[c-]c4c(cc3)c3ccccc3n4-c3cc(C)ccn3)ccc2)c(CCC)c1-c1c(C)c(C)c(C)c(C)c1C.[Pt+2]. The first kappa shape index (κ1) is 35.4. The summed E-state index contributed by atoms with van der Waals surface area (Å²) in [5.74, 6) is 2.10. The van der Waals surface area contributed by atoms with Gasteiger partial charge in [0.15, 0.2) is 0 Å².